The highest BCUT2D eigenvalue weighted by Crippen LogP contribution is 2.38. The molecule has 122 valence electrons. The number of benzene rings is 2. The van der Waals surface area contributed by atoms with Gasteiger partial charge in [0.05, 0.1) is 16.9 Å². The fourth-order valence-corrected chi connectivity index (χ4v) is 4.17. The molecule has 0 amide bonds. The average molecular weight is 326 g/mol. The molecule has 0 aliphatic heterocycles. The van der Waals surface area contributed by atoms with Crippen LogP contribution in [0.15, 0.2) is 54.6 Å². The highest BCUT2D eigenvalue weighted by molar-refractivity contribution is 6.19. The Bertz CT molecular complexity index is 1130. The first-order valence-corrected chi connectivity index (χ1v) is 8.70. The Morgan fingerprint density at radius 3 is 2.60 bits per heavy atom. The van der Waals surface area contributed by atoms with E-state index in [9.17, 15) is 4.79 Å². The molecule has 0 fully saturated rings. The summed E-state index contributed by atoms with van der Waals surface area (Å²) in [5.41, 5.74) is 6.01. The van der Waals surface area contributed by atoms with Crippen molar-refractivity contribution in [1.29, 1.82) is 0 Å². The number of pyridine rings is 1. The fourth-order valence-electron chi connectivity index (χ4n) is 4.17. The molecule has 2 aromatic carbocycles. The highest BCUT2D eigenvalue weighted by Gasteiger charge is 2.30. The summed E-state index contributed by atoms with van der Waals surface area (Å²) in [6, 6.07) is 18.5. The number of ketones is 1. The zero-order valence-corrected chi connectivity index (χ0v) is 14.0. The summed E-state index contributed by atoms with van der Waals surface area (Å²) in [6.07, 6.45) is 1.37. The second-order valence-corrected chi connectivity index (χ2v) is 6.88. The van der Waals surface area contributed by atoms with Crippen LogP contribution in [0.25, 0.3) is 21.8 Å². The molecule has 1 aliphatic carbocycles. The van der Waals surface area contributed by atoms with E-state index in [0.717, 1.165) is 45.2 Å². The van der Waals surface area contributed by atoms with Crippen molar-refractivity contribution in [1.82, 2.24) is 9.97 Å². The molecular formula is C22H18N2O. The number of aromatic amines is 1. The van der Waals surface area contributed by atoms with E-state index in [1.807, 2.05) is 37.3 Å². The topological polar surface area (TPSA) is 45.8 Å². The summed E-state index contributed by atoms with van der Waals surface area (Å²) in [6.45, 7) is 2.02. The predicted molar refractivity (Wildman–Crippen MR) is 100 cm³/mol. The maximum absolute atomic E-state index is 13.1. The number of carbonyl (C=O) groups is 1. The molecule has 0 saturated heterocycles. The van der Waals surface area contributed by atoms with Crippen LogP contribution >= 0.6 is 0 Å². The number of carbonyl (C=O) groups excluding carboxylic acids is 1. The highest BCUT2D eigenvalue weighted by atomic mass is 16.1. The van der Waals surface area contributed by atoms with Crippen molar-refractivity contribution in [3.05, 3.63) is 77.1 Å². The van der Waals surface area contributed by atoms with E-state index in [-0.39, 0.29) is 11.7 Å². The summed E-state index contributed by atoms with van der Waals surface area (Å²) in [5.74, 6) is 0.424. The van der Waals surface area contributed by atoms with Crippen LogP contribution in [0.3, 0.4) is 0 Å². The number of para-hydroxylation sites is 1. The van der Waals surface area contributed by atoms with Crippen molar-refractivity contribution in [2.45, 2.75) is 25.7 Å². The molecule has 0 radical (unpaired) electrons. The zero-order chi connectivity index (χ0) is 17.0. The van der Waals surface area contributed by atoms with Crippen molar-refractivity contribution in [3.8, 4) is 0 Å². The minimum Gasteiger partial charge on any atom is -0.353 e. The minimum atomic E-state index is 0.206. The van der Waals surface area contributed by atoms with E-state index in [2.05, 4.69) is 29.2 Å². The first kappa shape index (κ1) is 14.4. The van der Waals surface area contributed by atoms with Crippen LogP contribution in [0, 0.1) is 6.92 Å². The number of H-pyrrole nitrogens is 1. The molecule has 1 N–H and O–H groups in total. The smallest absolute Gasteiger partial charge is 0.166 e. The lowest BCUT2D eigenvalue weighted by atomic mass is 9.80. The number of fused-ring (bicyclic) bond motifs is 5. The average Bonchev–Trinajstić information content (AvgIpc) is 3.02. The molecule has 2 aromatic heterocycles. The Morgan fingerprint density at radius 2 is 1.76 bits per heavy atom. The van der Waals surface area contributed by atoms with E-state index in [4.69, 9.17) is 4.98 Å². The Morgan fingerprint density at radius 1 is 1.00 bits per heavy atom. The number of hydrogen-bond acceptors (Lipinski definition) is 2. The zero-order valence-electron chi connectivity index (χ0n) is 14.0. The maximum atomic E-state index is 13.1. The van der Waals surface area contributed by atoms with E-state index in [0.29, 0.717) is 6.42 Å². The van der Waals surface area contributed by atoms with Gasteiger partial charge in [0.1, 0.15) is 0 Å². The number of nitrogens with zero attached hydrogens (tertiary/aromatic N) is 1. The van der Waals surface area contributed by atoms with E-state index in [1.54, 1.807) is 0 Å². The molecule has 2 heterocycles. The lowest BCUT2D eigenvalue weighted by molar-refractivity contribution is 0.0965. The van der Waals surface area contributed by atoms with Gasteiger partial charge in [-0.25, -0.2) is 0 Å². The van der Waals surface area contributed by atoms with Crippen molar-refractivity contribution in [2.75, 3.05) is 0 Å². The van der Waals surface area contributed by atoms with Gasteiger partial charge in [-0.3, -0.25) is 9.78 Å². The third-order valence-corrected chi connectivity index (χ3v) is 5.33. The lowest BCUT2D eigenvalue weighted by Crippen LogP contribution is -2.21. The van der Waals surface area contributed by atoms with Gasteiger partial charge >= 0.3 is 0 Å². The lowest BCUT2D eigenvalue weighted by Gasteiger charge is -2.24. The summed E-state index contributed by atoms with van der Waals surface area (Å²) in [4.78, 5) is 21.3. The van der Waals surface area contributed by atoms with Gasteiger partial charge in [0.15, 0.2) is 5.78 Å². The van der Waals surface area contributed by atoms with Gasteiger partial charge in [0.25, 0.3) is 0 Å². The van der Waals surface area contributed by atoms with Crippen LogP contribution in [0.4, 0.5) is 0 Å². The van der Waals surface area contributed by atoms with Crippen LogP contribution < -0.4 is 0 Å². The van der Waals surface area contributed by atoms with Gasteiger partial charge in [-0.2, -0.15) is 0 Å². The molecule has 4 aromatic rings. The number of rotatable bonds is 1. The van der Waals surface area contributed by atoms with Crippen LogP contribution in [0.1, 0.15) is 39.6 Å². The molecule has 5 rings (SSSR count). The summed E-state index contributed by atoms with van der Waals surface area (Å²) in [5, 5.41) is 2.17. The van der Waals surface area contributed by atoms with E-state index >= 15 is 0 Å². The predicted octanol–water partition coefficient (Wildman–Crippen LogP) is 4.94. The Balaban J connectivity index is 1.76. The molecular weight excluding hydrogens is 308 g/mol. The van der Waals surface area contributed by atoms with Gasteiger partial charge in [-0.05, 0) is 30.9 Å². The number of nitrogens with one attached hydrogen (secondary N) is 1. The molecule has 1 aliphatic rings. The molecule has 3 heteroatoms. The second-order valence-electron chi connectivity index (χ2n) is 6.88. The van der Waals surface area contributed by atoms with Crippen molar-refractivity contribution in [3.63, 3.8) is 0 Å². The molecule has 25 heavy (non-hydrogen) atoms. The third kappa shape index (κ3) is 2.12. The standard InChI is InChI=1S/C22H18N2O/c1-13-22-20(16-9-5-6-10-17(16)24-22)21-18(23-13)11-15(12-19(21)25)14-7-3-2-4-8-14/h2-10,15,24H,11-12H2,1H3. The quantitative estimate of drug-likeness (QED) is 0.538. The Labute approximate surface area is 145 Å². The molecule has 0 saturated carbocycles. The molecule has 0 bridgehead atoms. The number of Topliss-reactive ketones (excluding diaryl/α,β-unsaturated/α-hetero) is 1. The third-order valence-electron chi connectivity index (χ3n) is 5.33. The van der Waals surface area contributed by atoms with E-state index in [1.165, 1.54) is 5.56 Å². The van der Waals surface area contributed by atoms with E-state index < -0.39 is 0 Å². The fraction of sp³-hybridized carbons (Fsp3) is 0.182. The number of aryl methyl sites for hydroxylation is 1. The molecule has 3 nitrogen and oxygen atoms in total. The Hall–Kier alpha value is -2.94. The first-order chi connectivity index (χ1) is 12.2. The maximum Gasteiger partial charge on any atom is 0.166 e. The summed E-state index contributed by atoms with van der Waals surface area (Å²) >= 11 is 0. The van der Waals surface area contributed by atoms with Crippen molar-refractivity contribution < 1.29 is 4.79 Å². The normalized spacial score (nSPS) is 17.2. The number of aromatic nitrogens is 2. The molecule has 0 spiro atoms. The monoisotopic (exact) mass is 326 g/mol. The number of hydrogen-bond donors (Lipinski definition) is 1. The van der Waals surface area contributed by atoms with Gasteiger partial charge in [0, 0.05) is 28.3 Å². The van der Waals surface area contributed by atoms with Crippen LogP contribution in [0.2, 0.25) is 0 Å². The molecule has 1 atom stereocenters. The molecule has 1 unspecified atom stereocenters. The van der Waals surface area contributed by atoms with Gasteiger partial charge < -0.3 is 4.98 Å². The summed E-state index contributed by atoms with van der Waals surface area (Å²) in [7, 11) is 0. The van der Waals surface area contributed by atoms with Gasteiger partial charge in [0.2, 0.25) is 0 Å². The Kier molecular flexibility index (Phi) is 3.04. The van der Waals surface area contributed by atoms with Gasteiger partial charge in [-0.15, -0.1) is 0 Å². The second kappa shape index (κ2) is 5.28. The SMILES string of the molecule is Cc1nc2c(c3c1[nH]c1ccccc13)C(=O)CC(c1ccccc1)C2. The summed E-state index contributed by atoms with van der Waals surface area (Å²) < 4.78 is 0. The van der Waals surface area contributed by atoms with Crippen molar-refractivity contribution >= 4 is 27.6 Å². The van der Waals surface area contributed by atoms with Crippen LogP contribution in [-0.2, 0) is 6.42 Å². The van der Waals surface area contributed by atoms with Gasteiger partial charge in [-0.1, -0.05) is 48.5 Å². The van der Waals surface area contributed by atoms with Crippen molar-refractivity contribution in [2.24, 2.45) is 0 Å². The first-order valence-electron chi connectivity index (χ1n) is 8.70. The minimum absolute atomic E-state index is 0.206. The van der Waals surface area contributed by atoms with Crippen LogP contribution in [-0.4, -0.2) is 15.8 Å². The largest absolute Gasteiger partial charge is 0.353 e. The van der Waals surface area contributed by atoms with Crippen LogP contribution in [0.5, 0.6) is 0 Å².